The number of rotatable bonds is 30. The topological polar surface area (TPSA) is 61.8 Å². The number of unbranched alkanes of at least 4 members (excludes halogenated alkanes) is 22. The Hall–Kier alpha value is -1.10. The highest BCUT2D eigenvalue weighted by Crippen LogP contribution is 2.13. The van der Waals surface area contributed by atoms with Gasteiger partial charge in [-0.05, 0) is 12.8 Å². The first-order chi connectivity index (χ1) is 18.2. The summed E-state index contributed by atoms with van der Waals surface area (Å²) in [5.41, 5.74) is 0. The van der Waals surface area contributed by atoms with Crippen molar-refractivity contribution in [3.63, 3.8) is 0 Å². The first kappa shape index (κ1) is 35.9. The Bertz CT molecular complexity index is 438. The van der Waals surface area contributed by atoms with Crippen molar-refractivity contribution in [3.8, 4) is 0 Å². The second-order valence-corrected chi connectivity index (χ2v) is 10.7. The van der Waals surface area contributed by atoms with E-state index in [9.17, 15) is 9.59 Å². The van der Waals surface area contributed by atoms with Gasteiger partial charge in [-0.15, -0.1) is 0 Å². The maximum absolute atomic E-state index is 11.7. The Kier molecular flexibility index (Phi) is 30.2. The van der Waals surface area contributed by atoms with Crippen molar-refractivity contribution in [2.24, 2.45) is 0 Å². The number of carbonyl (C=O) groups excluding carboxylic acids is 2. The molecule has 0 aromatic carbocycles. The van der Waals surface area contributed by atoms with Gasteiger partial charge in [0.2, 0.25) is 0 Å². The van der Waals surface area contributed by atoms with Gasteiger partial charge in [-0.1, -0.05) is 155 Å². The highest BCUT2D eigenvalue weighted by atomic mass is 16.6. The molecule has 0 atom stereocenters. The normalized spacial score (nSPS) is 11.1. The Labute approximate surface area is 230 Å². The molecule has 0 amide bonds. The second-order valence-electron chi connectivity index (χ2n) is 10.7. The molecule has 0 saturated heterocycles. The number of ether oxygens (including phenoxy) is 3. The van der Waals surface area contributed by atoms with E-state index in [1.165, 1.54) is 128 Å². The lowest BCUT2D eigenvalue weighted by Gasteiger charge is -2.07. The SMILES string of the molecule is CCCCCCCCCCCCCCOC(=O)COCC(=O)OCCCCCCCCCCCCCC. The lowest BCUT2D eigenvalue weighted by Crippen LogP contribution is -2.19. The van der Waals surface area contributed by atoms with Crippen LogP contribution < -0.4 is 0 Å². The van der Waals surface area contributed by atoms with Crippen molar-refractivity contribution in [1.29, 1.82) is 0 Å². The molecule has 0 aliphatic carbocycles. The molecule has 5 heteroatoms. The van der Waals surface area contributed by atoms with Crippen molar-refractivity contribution >= 4 is 11.9 Å². The standard InChI is InChI=1S/C32H62O5/c1-3-5-7-9-11-13-15-17-19-21-23-25-27-36-31(33)29-35-30-32(34)37-28-26-24-22-20-18-16-14-12-10-8-6-4-2/h3-30H2,1-2H3. The Balaban J connectivity index is 3.27. The van der Waals surface area contributed by atoms with Gasteiger partial charge >= 0.3 is 11.9 Å². The summed E-state index contributed by atoms with van der Waals surface area (Å²) in [5.74, 6) is -0.811. The van der Waals surface area contributed by atoms with Crippen molar-refractivity contribution in [2.75, 3.05) is 26.4 Å². The van der Waals surface area contributed by atoms with Crippen LogP contribution in [0, 0.1) is 0 Å². The van der Waals surface area contributed by atoms with Crippen LogP contribution in [0.15, 0.2) is 0 Å². The van der Waals surface area contributed by atoms with Crippen LogP contribution in [0.2, 0.25) is 0 Å². The number of carbonyl (C=O) groups is 2. The molecule has 0 radical (unpaired) electrons. The van der Waals surface area contributed by atoms with Crippen LogP contribution in [-0.4, -0.2) is 38.4 Å². The molecule has 220 valence electrons. The van der Waals surface area contributed by atoms with Gasteiger partial charge in [0.1, 0.15) is 13.2 Å². The highest BCUT2D eigenvalue weighted by molar-refractivity contribution is 5.73. The zero-order chi connectivity index (χ0) is 27.1. The van der Waals surface area contributed by atoms with Crippen LogP contribution in [-0.2, 0) is 23.8 Å². The lowest BCUT2D eigenvalue weighted by molar-refractivity contribution is -0.155. The third-order valence-electron chi connectivity index (χ3n) is 6.96. The van der Waals surface area contributed by atoms with Crippen LogP contribution >= 0.6 is 0 Å². The molecule has 0 rings (SSSR count). The Morgan fingerprint density at radius 1 is 0.378 bits per heavy atom. The van der Waals surface area contributed by atoms with E-state index in [1.54, 1.807) is 0 Å². The van der Waals surface area contributed by atoms with E-state index in [2.05, 4.69) is 13.8 Å². The maximum Gasteiger partial charge on any atom is 0.332 e. The number of hydrogen-bond donors (Lipinski definition) is 0. The average molecular weight is 527 g/mol. The van der Waals surface area contributed by atoms with Gasteiger partial charge in [0.05, 0.1) is 13.2 Å². The van der Waals surface area contributed by atoms with E-state index in [1.807, 2.05) is 0 Å². The molecule has 0 heterocycles. The molecule has 0 N–H and O–H groups in total. The molecule has 0 aliphatic heterocycles. The molecule has 0 spiro atoms. The second kappa shape index (κ2) is 31.1. The van der Waals surface area contributed by atoms with Crippen LogP contribution in [0.1, 0.15) is 168 Å². The molecule has 37 heavy (non-hydrogen) atoms. The minimum Gasteiger partial charge on any atom is -0.464 e. The summed E-state index contributed by atoms with van der Waals surface area (Å²) in [7, 11) is 0. The van der Waals surface area contributed by atoms with Gasteiger partial charge in [0.25, 0.3) is 0 Å². The fraction of sp³-hybridized carbons (Fsp3) is 0.938. The maximum atomic E-state index is 11.7. The van der Waals surface area contributed by atoms with E-state index in [-0.39, 0.29) is 13.2 Å². The van der Waals surface area contributed by atoms with Crippen LogP contribution in [0.3, 0.4) is 0 Å². The monoisotopic (exact) mass is 526 g/mol. The molecule has 0 aliphatic rings. The van der Waals surface area contributed by atoms with Gasteiger partial charge in [-0.25, -0.2) is 9.59 Å². The van der Waals surface area contributed by atoms with Crippen molar-refractivity contribution in [3.05, 3.63) is 0 Å². The van der Waals surface area contributed by atoms with Gasteiger partial charge in [0.15, 0.2) is 0 Å². The van der Waals surface area contributed by atoms with Gasteiger partial charge in [-0.3, -0.25) is 0 Å². The van der Waals surface area contributed by atoms with Crippen molar-refractivity contribution in [1.82, 2.24) is 0 Å². The van der Waals surface area contributed by atoms with Crippen molar-refractivity contribution < 1.29 is 23.8 Å². The zero-order valence-corrected chi connectivity index (χ0v) is 24.8. The van der Waals surface area contributed by atoms with Gasteiger partial charge in [-0.2, -0.15) is 0 Å². The van der Waals surface area contributed by atoms with Crippen molar-refractivity contribution in [2.45, 2.75) is 168 Å². The minimum absolute atomic E-state index is 0.189. The average Bonchev–Trinajstić information content (AvgIpc) is 2.89. The fourth-order valence-corrected chi connectivity index (χ4v) is 4.56. The summed E-state index contributed by atoms with van der Waals surface area (Å²) >= 11 is 0. The molecule has 5 nitrogen and oxygen atoms in total. The number of esters is 2. The fourth-order valence-electron chi connectivity index (χ4n) is 4.56. The van der Waals surface area contributed by atoms with E-state index in [4.69, 9.17) is 14.2 Å². The summed E-state index contributed by atoms with van der Waals surface area (Å²) < 4.78 is 15.5. The zero-order valence-electron chi connectivity index (χ0n) is 24.8. The predicted molar refractivity (Wildman–Crippen MR) is 155 cm³/mol. The quantitative estimate of drug-likeness (QED) is 0.0689. The summed E-state index contributed by atoms with van der Waals surface area (Å²) in [6, 6.07) is 0. The largest absolute Gasteiger partial charge is 0.464 e. The van der Waals surface area contributed by atoms with E-state index in [0.29, 0.717) is 13.2 Å². The molecule has 0 unspecified atom stereocenters. The lowest BCUT2D eigenvalue weighted by atomic mass is 10.1. The Morgan fingerprint density at radius 2 is 0.622 bits per heavy atom. The summed E-state index contributed by atoms with van der Waals surface area (Å²) in [4.78, 5) is 23.4. The third-order valence-corrected chi connectivity index (χ3v) is 6.96. The van der Waals surface area contributed by atoms with E-state index < -0.39 is 11.9 Å². The first-order valence-electron chi connectivity index (χ1n) is 16.1. The molecule has 0 saturated carbocycles. The summed E-state index contributed by atoms with van der Waals surface area (Å²) in [5, 5.41) is 0. The molecule has 0 fully saturated rings. The van der Waals surface area contributed by atoms with Crippen LogP contribution in [0.4, 0.5) is 0 Å². The molecule has 0 aromatic heterocycles. The molecule has 0 bridgehead atoms. The summed E-state index contributed by atoms with van der Waals surface area (Å²) in [6.45, 7) is 5.01. The number of hydrogen-bond acceptors (Lipinski definition) is 5. The van der Waals surface area contributed by atoms with Crippen LogP contribution in [0.25, 0.3) is 0 Å². The van der Waals surface area contributed by atoms with Gasteiger partial charge in [0, 0.05) is 0 Å². The first-order valence-corrected chi connectivity index (χ1v) is 16.1. The molecular weight excluding hydrogens is 464 g/mol. The molecule has 0 aromatic rings. The van der Waals surface area contributed by atoms with Crippen LogP contribution in [0.5, 0.6) is 0 Å². The highest BCUT2D eigenvalue weighted by Gasteiger charge is 2.07. The summed E-state index contributed by atoms with van der Waals surface area (Å²) in [6.07, 6.45) is 30.7. The van der Waals surface area contributed by atoms with E-state index >= 15 is 0 Å². The Morgan fingerprint density at radius 3 is 0.892 bits per heavy atom. The third kappa shape index (κ3) is 31.0. The predicted octanol–water partition coefficient (Wildman–Crippen LogP) is 9.49. The molecular formula is C32H62O5. The smallest absolute Gasteiger partial charge is 0.332 e. The van der Waals surface area contributed by atoms with E-state index in [0.717, 1.165) is 25.7 Å². The van der Waals surface area contributed by atoms with Gasteiger partial charge < -0.3 is 14.2 Å². The minimum atomic E-state index is -0.406.